The number of hydrogen-bond acceptors (Lipinski definition) is 6. The van der Waals surface area contributed by atoms with E-state index in [0.717, 1.165) is 0 Å². The summed E-state index contributed by atoms with van der Waals surface area (Å²) in [6.07, 6.45) is 0. The predicted molar refractivity (Wildman–Crippen MR) is 43.6 cm³/mol. The molecular weight excluding hydrogens is 327 g/mol. The van der Waals surface area contributed by atoms with E-state index >= 15 is 0 Å². The van der Waals surface area contributed by atoms with Crippen LogP contribution in [0, 0.1) is 0 Å². The van der Waals surface area contributed by atoms with Gasteiger partial charge in [0.25, 0.3) is 0 Å². The molecule has 0 aromatic rings. The Balaban J connectivity index is -0.0000000400. The quantitative estimate of drug-likeness (QED) is 0.181. The first kappa shape index (κ1) is 25.9. The van der Waals surface area contributed by atoms with Crippen molar-refractivity contribution in [1.29, 1.82) is 0 Å². The molecule has 0 aliphatic heterocycles. The Hall–Kier alpha value is 1.25. The third-order valence-corrected chi connectivity index (χ3v) is 0. The van der Waals surface area contributed by atoms with Gasteiger partial charge in [0.05, 0.1) is 0 Å². The molecule has 0 spiro atoms. The first-order valence-corrected chi connectivity index (χ1v) is 6.29. The first-order valence-electron chi connectivity index (χ1n) is 2.10. The summed E-state index contributed by atoms with van der Waals surface area (Å²) >= 11 is 0. The minimum atomic E-state index is -4.67. The SMILES string of the molecule is O=S(=O)(O)O.O=S(=O)(O)O.O=S(=O)(O)O.[H-].[K+]. The maximum atomic E-state index is 8.74. The van der Waals surface area contributed by atoms with Crippen LogP contribution in [0.15, 0.2) is 0 Å². The average molecular weight is 334 g/mol. The van der Waals surface area contributed by atoms with Crippen LogP contribution in [0.5, 0.6) is 0 Å². The number of rotatable bonds is 0. The molecule has 6 N–H and O–H groups in total. The van der Waals surface area contributed by atoms with Crippen molar-refractivity contribution in [2.24, 2.45) is 0 Å². The van der Waals surface area contributed by atoms with Crippen LogP contribution in [0.1, 0.15) is 1.43 Å². The van der Waals surface area contributed by atoms with Crippen LogP contribution in [0.4, 0.5) is 0 Å². The van der Waals surface area contributed by atoms with Gasteiger partial charge in [-0.1, -0.05) is 0 Å². The molecule has 98 valence electrons. The molecule has 0 radical (unpaired) electrons. The zero-order chi connectivity index (χ0) is 13.5. The first-order chi connectivity index (χ1) is 6.00. The monoisotopic (exact) mass is 334 g/mol. The summed E-state index contributed by atoms with van der Waals surface area (Å²) in [5.41, 5.74) is 0. The van der Waals surface area contributed by atoms with Gasteiger partial charge in [0, 0.05) is 0 Å². The van der Waals surface area contributed by atoms with E-state index in [-0.39, 0.29) is 52.8 Å². The fraction of sp³-hybridized carbons (Fsp3) is 0. The zero-order valence-corrected chi connectivity index (χ0v) is 12.9. The molecule has 0 saturated carbocycles. The van der Waals surface area contributed by atoms with Crippen LogP contribution in [-0.2, 0) is 31.2 Å². The smallest absolute Gasteiger partial charge is 1.00 e. The van der Waals surface area contributed by atoms with E-state index in [1.807, 2.05) is 0 Å². The Morgan fingerprint density at radius 1 is 0.500 bits per heavy atom. The van der Waals surface area contributed by atoms with Crippen molar-refractivity contribution in [3.8, 4) is 0 Å². The van der Waals surface area contributed by atoms with E-state index in [4.69, 9.17) is 52.6 Å². The molecule has 0 bridgehead atoms. The Morgan fingerprint density at radius 3 is 0.500 bits per heavy atom. The van der Waals surface area contributed by atoms with Crippen LogP contribution >= 0.6 is 0 Å². The van der Waals surface area contributed by atoms with E-state index in [2.05, 4.69) is 0 Å². The summed E-state index contributed by atoms with van der Waals surface area (Å²) in [7, 11) is -14.0. The Bertz CT molecular complexity index is 343. The summed E-state index contributed by atoms with van der Waals surface area (Å²) in [5.74, 6) is 0. The van der Waals surface area contributed by atoms with Crippen LogP contribution in [0.3, 0.4) is 0 Å². The van der Waals surface area contributed by atoms with E-state index in [0.29, 0.717) is 0 Å². The molecule has 0 rings (SSSR count). The molecule has 0 aromatic carbocycles. The van der Waals surface area contributed by atoms with Gasteiger partial charge in [-0.3, -0.25) is 27.3 Å². The van der Waals surface area contributed by atoms with E-state index in [9.17, 15) is 0 Å². The van der Waals surface area contributed by atoms with Gasteiger partial charge >= 0.3 is 82.6 Å². The van der Waals surface area contributed by atoms with Crippen molar-refractivity contribution in [2.45, 2.75) is 0 Å². The molecule has 0 saturated heterocycles. The molecule has 12 nitrogen and oxygen atoms in total. The fourth-order valence-corrected chi connectivity index (χ4v) is 0. The number of hydrogen-bond donors (Lipinski definition) is 6. The van der Waals surface area contributed by atoms with Crippen molar-refractivity contribution >= 4 is 31.2 Å². The van der Waals surface area contributed by atoms with Gasteiger partial charge in [-0.15, -0.1) is 0 Å². The topological polar surface area (TPSA) is 224 Å². The summed E-state index contributed by atoms with van der Waals surface area (Å²) in [4.78, 5) is 0. The standard InChI is InChI=1S/K.3H2O4S.H/c;3*1-5(2,3)4;/h;3*(H2,1,2,3,4);/q+1;;;;-1. The Morgan fingerprint density at radius 2 is 0.500 bits per heavy atom. The second-order valence-electron chi connectivity index (χ2n) is 1.34. The molecule has 0 atom stereocenters. The minimum Gasteiger partial charge on any atom is -1.00 e. The van der Waals surface area contributed by atoms with Gasteiger partial charge in [0.1, 0.15) is 0 Å². The zero-order valence-electron chi connectivity index (χ0n) is 8.36. The van der Waals surface area contributed by atoms with Crippen LogP contribution in [0.2, 0.25) is 0 Å². The molecule has 16 heteroatoms. The Kier molecular flexibility index (Phi) is 16.5. The molecule has 0 amide bonds. The predicted octanol–water partition coefficient (Wildman–Crippen LogP) is -4.84. The minimum absolute atomic E-state index is 0. The van der Waals surface area contributed by atoms with Gasteiger partial charge < -0.3 is 1.43 Å². The van der Waals surface area contributed by atoms with E-state index in [1.54, 1.807) is 0 Å². The van der Waals surface area contributed by atoms with Crippen molar-refractivity contribution in [1.82, 2.24) is 0 Å². The second kappa shape index (κ2) is 10.2. The molecule has 0 fully saturated rings. The third-order valence-electron chi connectivity index (χ3n) is 0. The van der Waals surface area contributed by atoms with Crippen molar-refractivity contribution in [2.75, 3.05) is 0 Å². The van der Waals surface area contributed by atoms with Gasteiger partial charge in [0.15, 0.2) is 0 Å². The van der Waals surface area contributed by atoms with Crippen LogP contribution in [-0.4, -0.2) is 52.6 Å². The van der Waals surface area contributed by atoms with Gasteiger partial charge in [0.2, 0.25) is 0 Å². The van der Waals surface area contributed by atoms with E-state index in [1.165, 1.54) is 0 Å². The van der Waals surface area contributed by atoms with Crippen molar-refractivity contribution < 1.29 is 105 Å². The summed E-state index contributed by atoms with van der Waals surface area (Å²) < 4.78 is 94.8. The molecular formula is H7KO12S3. The molecule has 0 aliphatic carbocycles. The average Bonchev–Trinajstić information content (AvgIpc) is 1.41. The van der Waals surface area contributed by atoms with Gasteiger partial charge in [-0.05, 0) is 0 Å². The largest absolute Gasteiger partial charge is 1.00 e. The van der Waals surface area contributed by atoms with E-state index < -0.39 is 31.2 Å². The molecule has 0 heterocycles. The maximum absolute atomic E-state index is 8.74. The molecule has 0 aliphatic rings. The van der Waals surface area contributed by atoms with Crippen molar-refractivity contribution in [3.05, 3.63) is 0 Å². The third kappa shape index (κ3) is 1990. The van der Waals surface area contributed by atoms with Gasteiger partial charge in [-0.2, -0.15) is 25.3 Å². The molecule has 0 unspecified atom stereocenters. The normalized spacial score (nSPS) is 10.9. The van der Waals surface area contributed by atoms with Crippen LogP contribution < -0.4 is 51.4 Å². The summed E-state index contributed by atoms with van der Waals surface area (Å²) in [6, 6.07) is 0. The van der Waals surface area contributed by atoms with Crippen LogP contribution in [0.25, 0.3) is 0 Å². The fourth-order valence-electron chi connectivity index (χ4n) is 0. The molecule has 0 aromatic heterocycles. The van der Waals surface area contributed by atoms with Gasteiger partial charge in [-0.25, -0.2) is 0 Å². The summed E-state index contributed by atoms with van der Waals surface area (Å²) in [5, 5.41) is 0. The maximum Gasteiger partial charge on any atom is 1.00 e. The Labute approximate surface area is 135 Å². The van der Waals surface area contributed by atoms with Crippen molar-refractivity contribution in [3.63, 3.8) is 0 Å². The summed E-state index contributed by atoms with van der Waals surface area (Å²) in [6.45, 7) is 0. The molecule has 16 heavy (non-hydrogen) atoms. The second-order valence-corrected chi connectivity index (χ2v) is 4.03.